The largest absolute Gasteiger partial charge is 0.361 e. The average Bonchev–Trinajstić information content (AvgIpc) is 3.08. The van der Waals surface area contributed by atoms with Gasteiger partial charge in [0.2, 0.25) is 0 Å². The number of aliphatic hydroxyl groups is 1. The van der Waals surface area contributed by atoms with Crippen molar-refractivity contribution in [1.82, 2.24) is 19.8 Å². The van der Waals surface area contributed by atoms with Crippen LogP contribution in [0, 0.1) is 5.92 Å². The maximum atomic E-state index is 11.6. The fraction of sp³-hybridized carbons (Fsp3) is 0.615. The summed E-state index contributed by atoms with van der Waals surface area (Å²) in [5.41, 5.74) is 1.44. The molecule has 2 aliphatic carbocycles. The zero-order valence-corrected chi connectivity index (χ0v) is 21.0. The van der Waals surface area contributed by atoms with Gasteiger partial charge in [-0.05, 0) is 70.4 Å². The van der Waals surface area contributed by atoms with E-state index in [1.54, 1.807) is 18.1 Å². The molecular formula is C26H37N5OS. The lowest BCUT2D eigenvalue weighted by Crippen LogP contribution is -2.57. The van der Waals surface area contributed by atoms with Crippen LogP contribution < -0.4 is 4.90 Å². The fourth-order valence-electron chi connectivity index (χ4n) is 6.26. The molecule has 178 valence electrons. The lowest BCUT2D eigenvalue weighted by molar-refractivity contribution is -0.0661. The van der Waals surface area contributed by atoms with E-state index in [0.717, 1.165) is 49.6 Å². The van der Waals surface area contributed by atoms with Gasteiger partial charge in [-0.2, -0.15) is 0 Å². The highest BCUT2D eigenvalue weighted by atomic mass is 32.2. The Hall–Kier alpha value is -1.67. The molecule has 7 heteroatoms. The first-order valence-electron chi connectivity index (χ1n) is 12.3. The number of hydrogen-bond acceptors (Lipinski definition) is 7. The van der Waals surface area contributed by atoms with Crippen LogP contribution in [0.15, 0.2) is 47.8 Å². The molecule has 5 rings (SSSR count). The van der Waals surface area contributed by atoms with Crippen molar-refractivity contribution < 1.29 is 5.11 Å². The number of anilines is 1. The van der Waals surface area contributed by atoms with Crippen LogP contribution in [0.5, 0.6) is 0 Å². The van der Waals surface area contributed by atoms with Crippen LogP contribution in [0.4, 0.5) is 5.82 Å². The minimum atomic E-state index is -0.626. The number of nitrogens with zero attached hydrogens (tertiary/aromatic N) is 5. The molecule has 0 bridgehead atoms. The van der Waals surface area contributed by atoms with Crippen LogP contribution in [0.3, 0.4) is 0 Å². The molecule has 3 aliphatic rings. The molecule has 1 aliphatic heterocycles. The molecule has 2 saturated carbocycles. The molecule has 2 aromatic rings. The van der Waals surface area contributed by atoms with E-state index in [9.17, 15) is 5.11 Å². The van der Waals surface area contributed by atoms with Gasteiger partial charge in [0.25, 0.3) is 0 Å². The second-order valence-electron chi connectivity index (χ2n) is 10.4. The third-order valence-electron chi connectivity index (χ3n) is 8.62. The van der Waals surface area contributed by atoms with E-state index in [-0.39, 0.29) is 11.1 Å². The Morgan fingerprint density at radius 3 is 2.42 bits per heavy atom. The van der Waals surface area contributed by atoms with Gasteiger partial charge in [0.1, 0.15) is 17.2 Å². The van der Waals surface area contributed by atoms with Crippen LogP contribution >= 0.6 is 11.8 Å². The lowest BCUT2D eigenvalue weighted by Gasteiger charge is -2.52. The van der Waals surface area contributed by atoms with E-state index in [4.69, 9.17) is 0 Å². The van der Waals surface area contributed by atoms with Gasteiger partial charge in [-0.15, -0.1) is 11.8 Å². The topological polar surface area (TPSA) is 55.7 Å². The summed E-state index contributed by atoms with van der Waals surface area (Å²) in [6, 6.07) is 13.0. The molecule has 1 saturated heterocycles. The predicted octanol–water partition coefficient (Wildman–Crippen LogP) is 4.17. The third kappa shape index (κ3) is 4.07. The van der Waals surface area contributed by atoms with Crippen molar-refractivity contribution in [2.75, 3.05) is 38.3 Å². The highest BCUT2D eigenvalue weighted by Crippen LogP contribution is 2.50. The second kappa shape index (κ2) is 9.17. The quantitative estimate of drug-likeness (QED) is 0.505. The second-order valence-corrected chi connectivity index (χ2v) is 11.2. The maximum Gasteiger partial charge on any atom is 0.188 e. The van der Waals surface area contributed by atoms with Gasteiger partial charge in [0.05, 0.1) is 0 Å². The number of thioether (sulfide) groups is 1. The first kappa shape index (κ1) is 23.1. The normalized spacial score (nSPS) is 30.8. The van der Waals surface area contributed by atoms with Crippen molar-refractivity contribution >= 4 is 17.6 Å². The van der Waals surface area contributed by atoms with E-state index >= 15 is 0 Å². The van der Waals surface area contributed by atoms with Crippen LogP contribution in [0.1, 0.15) is 50.5 Å². The molecule has 1 spiro atoms. The summed E-state index contributed by atoms with van der Waals surface area (Å²) in [5, 5.41) is 12.5. The Balaban J connectivity index is 1.44. The highest BCUT2D eigenvalue weighted by molar-refractivity contribution is 7.98. The minimum Gasteiger partial charge on any atom is -0.361 e. The standard InChI is InChI=1S/C26H37N5OS/c1-29(2)26(21-10-5-4-6-11-21)14-12-25(13-15-26)18-30(22-16-23(33-3)28-19-27-22)24(32)31(25)17-20-8-7-9-20/h4-6,10-11,16,19-20,24,32H,7-9,12-15,17-18H2,1-3H3/t24?,25-,26+. The first-order valence-corrected chi connectivity index (χ1v) is 13.5. The Morgan fingerprint density at radius 1 is 1.09 bits per heavy atom. The summed E-state index contributed by atoms with van der Waals surface area (Å²) in [7, 11) is 4.44. The number of benzene rings is 1. The van der Waals surface area contributed by atoms with Crippen LogP contribution in [0.25, 0.3) is 0 Å². The molecule has 1 aromatic carbocycles. The van der Waals surface area contributed by atoms with E-state index in [1.165, 1.54) is 24.8 Å². The molecule has 1 unspecified atom stereocenters. The predicted molar refractivity (Wildman–Crippen MR) is 134 cm³/mol. The lowest BCUT2D eigenvalue weighted by atomic mass is 9.68. The Morgan fingerprint density at radius 2 is 1.82 bits per heavy atom. The molecule has 2 heterocycles. The van der Waals surface area contributed by atoms with Crippen molar-refractivity contribution in [1.29, 1.82) is 0 Å². The van der Waals surface area contributed by atoms with Gasteiger partial charge in [0.15, 0.2) is 6.35 Å². The van der Waals surface area contributed by atoms with Crippen molar-refractivity contribution in [3.63, 3.8) is 0 Å². The summed E-state index contributed by atoms with van der Waals surface area (Å²) < 4.78 is 0. The first-order chi connectivity index (χ1) is 16.0. The van der Waals surface area contributed by atoms with E-state index in [0.29, 0.717) is 5.92 Å². The number of hydrogen-bond donors (Lipinski definition) is 1. The van der Waals surface area contributed by atoms with Gasteiger partial charge in [-0.25, -0.2) is 9.97 Å². The summed E-state index contributed by atoms with van der Waals surface area (Å²) in [4.78, 5) is 15.9. The molecule has 1 aromatic heterocycles. The molecule has 0 amide bonds. The van der Waals surface area contributed by atoms with Gasteiger partial charge in [-0.1, -0.05) is 36.8 Å². The molecule has 6 nitrogen and oxygen atoms in total. The van der Waals surface area contributed by atoms with Crippen molar-refractivity contribution in [2.24, 2.45) is 5.92 Å². The summed E-state index contributed by atoms with van der Waals surface area (Å²) in [5.74, 6) is 1.54. The summed E-state index contributed by atoms with van der Waals surface area (Å²) in [6.07, 6.45) is 11.2. The van der Waals surface area contributed by atoms with Gasteiger partial charge in [0, 0.05) is 30.2 Å². The van der Waals surface area contributed by atoms with Gasteiger partial charge < -0.3 is 10.0 Å². The van der Waals surface area contributed by atoms with E-state index < -0.39 is 6.35 Å². The Labute approximate surface area is 202 Å². The highest BCUT2D eigenvalue weighted by Gasteiger charge is 2.55. The zero-order valence-electron chi connectivity index (χ0n) is 20.2. The zero-order chi connectivity index (χ0) is 23.1. The van der Waals surface area contributed by atoms with Crippen LogP contribution in [-0.2, 0) is 5.54 Å². The van der Waals surface area contributed by atoms with Crippen molar-refractivity contribution in [3.05, 3.63) is 48.3 Å². The molecule has 33 heavy (non-hydrogen) atoms. The number of aliphatic hydroxyl groups excluding tert-OH is 1. The SMILES string of the molecule is CSc1cc(N2C[C@]3(CC[C@](c4ccccc4)(N(C)C)CC3)N(CC3CCC3)C2O)ncn1. The number of aromatic nitrogens is 2. The van der Waals surface area contributed by atoms with Crippen LogP contribution in [0.2, 0.25) is 0 Å². The van der Waals surface area contributed by atoms with Crippen molar-refractivity contribution in [2.45, 2.75) is 67.4 Å². The maximum absolute atomic E-state index is 11.6. The summed E-state index contributed by atoms with van der Waals surface area (Å²) in [6.45, 7) is 1.81. The minimum absolute atomic E-state index is 0.0201. The third-order valence-corrected chi connectivity index (χ3v) is 9.26. The molecule has 3 fully saturated rings. The van der Waals surface area contributed by atoms with Crippen molar-refractivity contribution in [3.8, 4) is 0 Å². The van der Waals surface area contributed by atoms with Gasteiger partial charge in [-0.3, -0.25) is 9.80 Å². The smallest absolute Gasteiger partial charge is 0.188 e. The van der Waals surface area contributed by atoms with E-state index in [2.05, 4.69) is 69.1 Å². The molecule has 1 N–H and O–H groups in total. The van der Waals surface area contributed by atoms with Gasteiger partial charge >= 0.3 is 0 Å². The monoisotopic (exact) mass is 467 g/mol. The Bertz CT molecular complexity index is 943. The van der Waals surface area contributed by atoms with Crippen LogP contribution in [-0.4, -0.2) is 70.2 Å². The molecule has 0 radical (unpaired) electrons. The Kier molecular flexibility index (Phi) is 6.42. The summed E-state index contributed by atoms with van der Waals surface area (Å²) >= 11 is 1.62. The average molecular weight is 468 g/mol. The number of rotatable bonds is 6. The molecular weight excluding hydrogens is 430 g/mol. The fourth-order valence-corrected chi connectivity index (χ4v) is 6.63. The van der Waals surface area contributed by atoms with E-state index in [1.807, 2.05) is 12.3 Å². The molecule has 1 atom stereocenters.